The number of methoxy groups -OCH3 is 1. The van der Waals surface area contributed by atoms with Gasteiger partial charge in [0.05, 0.1) is 45.7 Å². The number of nitrogens with one attached hydrogen (secondary N) is 1. The molecule has 0 saturated heterocycles. The van der Waals surface area contributed by atoms with Gasteiger partial charge in [0.2, 0.25) is 0 Å². The minimum absolute atomic E-state index is 0.187. The molecular weight excluding hydrogens is 290 g/mol. The lowest BCUT2D eigenvalue weighted by molar-refractivity contribution is -0.0116. The Balaban J connectivity index is 1.81. The van der Waals surface area contributed by atoms with Crippen LogP contribution < -0.4 is 5.32 Å². The first-order valence-electron chi connectivity index (χ1n) is 7.32. The first kappa shape index (κ1) is 18.5. The summed E-state index contributed by atoms with van der Waals surface area (Å²) in [5, 5.41) is 5.47. The lowest BCUT2D eigenvalue weighted by Crippen LogP contribution is -2.27. The maximum Gasteiger partial charge on any atom is 0.0704 e. The van der Waals surface area contributed by atoms with Gasteiger partial charge in [0.25, 0.3) is 0 Å². The normalized spacial score (nSPS) is 12.7. The van der Waals surface area contributed by atoms with Gasteiger partial charge in [-0.2, -0.15) is 0 Å². The topological polar surface area (TPSA) is 49.0 Å². The van der Waals surface area contributed by atoms with Gasteiger partial charge < -0.3 is 24.3 Å². The number of ether oxygens (including phenoxy) is 4. The van der Waals surface area contributed by atoms with Crippen LogP contribution in [0.25, 0.3) is 0 Å². The van der Waals surface area contributed by atoms with Crippen LogP contribution in [0.1, 0.15) is 11.8 Å². The third-order valence-corrected chi connectivity index (χ3v) is 3.62. The molecule has 1 aromatic rings. The van der Waals surface area contributed by atoms with E-state index < -0.39 is 0 Å². The van der Waals surface area contributed by atoms with E-state index in [-0.39, 0.29) is 6.10 Å². The molecule has 0 spiro atoms. The molecule has 0 saturated carbocycles. The predicted octanol–water partition coefficient (Wildman–Crippen LogP) is 1.92. The van der Waals surface area contributed by atoms with Gasteiger partial charge in [-0.1, -0.05) is 6.07 Å². The number of thiophene rings is 1. The van der Waals surface area contributed by atoms with Crippen molar-refractivity contribution in [1.29, 1.82) is 0 Å². The molecule has 122 valence electrons. The molecular formula is C15H27NO4S. The molecule has 1 unspecified atom stereocenters. The largest absolute Gasteiger partial charge is 0.382 e. The molecule has 0 radical (unpaired) electrons. The van der Waals surface area contributed by atoms with E-state index in [1.54, 1.807) is 18.4 Å². The highest BCUT2D eigenvalue weighted by Gasteiger charge is 2.02. The van der Waals surface area contributed by atoms with Crippen molar-refractivity contribution in [1.82, 2.24) is 5.32 Å². The van der Waals surface area contributed by atoms with Gasteiger partial charge in [0.15, 0.2) is 0 Å². The molecule has 1 rings (SSSR count). The smallest absolute Gasteiger partial charge is 0.0704 e. The second-order valence-corrected chi connectivity index (χ2v) is 5.64. The summed E-state index contributed by atoms with van der Waals surface area (Å²) in [5.74, 6) is 0. The average molecular weight is 317 g/mol. The van der Waals surface area contributed by atoms with Crippen molar-refractivity contribution in [2.45, 2.75) is 19.6 Å². The zero-order valence-electron chi connectivity index (χ0n) is 13.0. The standard InChI is InChI=1S/C15H27NO4S/c1-14(12-16-13-15-4-3-11-21-15)20-10-9-19-8-7-18-6-5-17-2/h3-4,11,14,16H,5-10,12-13H2,1-2H3. The summed E-state index contributed by atoms with van der Waals surface area (Å²) in [7, 11) is 1.66. The zero-order valence-corrected chi connectivity index (χ0v) is 13.8. The third kappa shape index (κ3) is 10.8. The average Bonchev–Trinajstić information content (AvgIpc) is 2.99. The fraction of sp³-hybridized carbons (Fsp3) is 0.733. The van der Waals surface area contributed by atoms with Gasteiger partial charge in [-0.05, 0) is 18.4 Å². The summed E-state index contributed by atoms with van der Waals surface area (Å²) in [4.78, 5) is 1.35. The van der Waals surface area contributed by atoms with Crippen LogP contribution in [-0.4, -0.2) is 59.4 Å². The van der Waals surface area contributed by atoms with Crippen molar-refractivity contribution in [3.8, 4) is 0 Å². The summed E-state index contributed by atoms with van der Waals surface area (Å²) in [6.07, 6.45) is 0.187. The molecule has 0 aliphatic rings. The Morgan fingerprint density at radius 1 is 1.10 bits per heavy atom. The monoisotopic (exact) mass is 317 g/mol. The van der Waals surface area contributed by atoms with Gasteiger partial charge in [-0.15, -0.1) is 11.3 Å². The Labute approximate surface area is 131 Å². The molecule has 0 aliphatic heterocycles. The molecule has 0 aliphatic carbocycles. The van der Waals surface area contributed by atoms with Crippen LogP contribution in [0.2, 0.25) is 0 Å². The first-order valence-corrected chi connectivity index (χ1v) is 8.20. The lowest BCUT2D eigenvalue weighted by atomic mass is 10.4. The first-order chi connectivity index (χ1) is 10.3. The minimum Gasteiger partial charge on any atom is -0.382 e. The van der Waals surface area contributed by atoms with E-state index in [4.69, 9.17) is 18.9 Å². The van der Waals surface area contributed by atoms with Crippen molar-refractivity contribution in [2.24, 2.45) is 0 Å². The Morgan fingerprint density at radius 2 is 1.81 bits per heavy atom. The number of hydrogen-bond acceptors (Lipinski definition) is 6. The second-order valence-electron chi connectivity index (χ2n) is 4.61. The van der Waals surface area contributed by atoms with Gasteiger partial charge in [-0.3, -0.25) is 0 Å². The molecule has 5 nitrogen and oxygen atoms in total. The molecule has 21 heavy (non-hydrogen) atoms. The van der Waals surface area contributed by atoms with Gasteiger partial charge >= 0.3 is 0 Å². The fourth-order valence-electron chi connectivity index (χ4n) is 1.64. The van der Waals surface area contributed by atoms with Crippen molar-refractivity contribution in [2.75, 3.05) is 53.3 Å². The van der Waals surface area contributed by atoms with Crippen molar-refractivity contribution in [3.05, 3.63) is 22.4 Å². The summed E-state index contributed by atoms with van der Waals surface area (Å²) >= 11 is 1.77. The summed E-state index contributed by atoms with van der Waals surface area (Å²) in [6.45, 7) is 7.46. The van der Waals surface area contributed by atoms with Gasteiger partial charge in [0.1, 0.15) is 0 Å². The third-order valence-electron chi connectivity index (χ3n) is 2.74. The van der Waals surface area contributed by atoms with E-state index in [9.17, 15) is 0 Å². The van der Waals surface area contributed by atoms with Crippen molar-refractivity contribution < 1.29 is 18.9 Å². The predicted molar refractivity (Wildman–Crippen MR) is 85.0 cm³/mol. The van der Waals surface area contributed by atoms with Gasteiger partial charge in [-0.25, -0.2) is 0 Å². The van der Waals surface area contributed by atoms with E-state index in [0.717, 1.165) is 13.1 Å². The Morgan fingerprint density at radius 3 is 2.48 bits per heavy atom. The quantitative estimate of drug-likeness (QED) is 0.531. The second kappa shape index (κ2) is 13.2. The van der Waals surface area contributed by atoms with E-state index in [0.29, 0.717) is 39.6 Å². The van der Waals surface area contributed by atoms with E-state index in [2.05, 4.69) is 29.8 Å². The van der Waals surface area contributed by atoms with Crippen molar-refractivity contribution >= 4 is 11.3 Å². The van der Waals surface area contributed by atoms with Crippen LogP contribution in [-0.2, 0) is 25.5 Å². The summed E-state index contributed by atoms with van der Waals surface area (Å²) in [5.41, 5.74) is 0. The van der Waals surface area contributed by atoms with Crippen LogP contribution in [0.4, 0.5) is 0 Å². The molecule has 1 atom stereocenters. The lowest BCUT2D eigenvalue weighted by Gasteiger charge is -2.14. The molecule has 1 aromatic heterocycles. The van der Waals surface area contributed by atoms with E-state index >= 15 is 0 Å². The molecule has 0 fully saturated rings. The Kier molecular flexibility index (Phi) is 11.6. The SMILES string of the molecule is COCCOCCOCCOC(C)CNCc1cccs1. The zero-order chi connectivity index (χ0) is 15.2. The Bertz CT molecular complexity index is 321. The maximum atomic E-state index is 5.66. The van der Waals surface area contributed by atoms with Crippen molar-refractivity contribution in [3.63, 3.8) is 0 Å². The summed E-state index contributed by atoms with van der Waals surface area (Å²) < 4.78 is 21.2. The van der Waals surface area contributed by atoms with Crippen LogP contribution in [0.15, 0.2) is 17.5 Å². The Hall–Kier alpha value is -0.500. The molecule has 1 heterocycles. The molecule has 1 N–H and O–H groups in total. The molecule has 0 bridgehead atoms. The molecule has 0 aromatic carbocycles. The highest BCUT2D eigenvalue weighted by Crippen LogP contribution is 2.07. The van der Waals surface area contributed by atoms with Crippen LogP contribution in [0.3, 0.4) is 0 Å². The highest BCUT2D eigenvalue weighted by atomic mass is 32.1. The van der Waals surface area contributed by atoms with Crippen LogP contribution in [0, 0.1) is 0 Å². The minimum atomic E-state index is 0.187. The number of hydrogen-bond donors (Lipinski definition) is 1. The summed E-state index contributed by atoms with van der Waals surface area (Å²) in [6, 6.07) is 4.20. The highest BCUT2D eigenvalue weighted by molar-refractivity contribution is 7.09. The molecule has 0 amide bonds. The van der Waals surface area contributed by atoms with E-state index in [1.807, 2.05) is 0 Å². The molecule has 6 heteroatoms. The number of rotatable bonds is 14. The van der Waals surface area contributed by atoms with Crippen LogP contribution in [0.5, 0.6) is 0 Å². The fourth-order valence-corrected chi connectivity index (χ4v) is 2.32. The maximum absolute atomic E-state index is 5.66. The van der Waals surface area contributed by atoms with Crippen LogP contribution >= 0.6 is 11.3 Å². The van der Waals surface area contributed by atoms with Gasteiger partial charge in [0, 0.05) is 25.1 Å². The van der Waals surface area contributed by atoms with E-state index in [1.165, 1.54) is 4.88 Å².